The maximum absolute atomic E-state index is 13.1. The lowest BCUT2D eigenvalue weighted by atomic mass is 10.2. The van der Waals surface area contributed by atoms with Gasteiger partial charge in [0.15, 0.2) is 5.69 Å². The molecule has 4 nitrogen and oxygen atoms in total. The molecule has 0 saturated carbocycles. The van der Waals surface area contributed by atoms with Gasteiger partial charge in [-0.25, -0.2) is 9.07 Å². The van der Waals surface area contributed by atoms with Crippen molar-refractivity contribution in [3.63, 3.8) is 0 Å². The van der Waals surface area contributed by atoms with Gasteiger partial charge in [-0.3, -0.25) is 4.79 Å². The highest BCUT2D eigenvalue weighted by Crippen LogP contribution is 2.09. The van der Waals surface area contributed by atoms with E-state index in [2.05, 4.69) is 10.4 Å². The van der Waals surface area contributed by atoms with Crippen LogP contribution >= 0.6 is 0 Å². The average molecular weight is 309 g/mol. The molecular weight excluding hydrogens is 293 g/mol. The van der Waals surface area contributed by atoms with Gasteiger partial charge in [0, 0.05) is 12.7 Å². The van der Waals surface area contributed by atoms with Gasteiger partial charge in [0.05, 0.1) is 5.69 Å². The lowest BCUT2D eigenvalue weighted by Crippen LogP contribution is -2.23. The van der Waals surface area contributed by atoms with E-state index >= 15 is 0 Å². The molecule has 116 valence electrons. The molecule has 3 aromatic rings. The van der Waals surface area contributed by atoms with Crippen LogP contribution in [0.4, 0.5) is 4.39 Å². The van der Waals surface area contributed by atoms with E-state index in [0.717, 1.165) is 11.3 Å². The molecule has 0 aliphatic rings. The fourth-order valence-corrected chi connectivity index (χ4v) is 2.21. The predicted octanol–water partition coefficient (Wildman–Crippen LogP) is 3.25. The summed E-state index contributed by atoms with van der Waals surface area (Å²) >= 11 is 0. The molecule has 0 bridgehead atoms. The van der Waals surface area contributed by atoms with Gasteiger partial charge in [-0.05, 0) is 42.8 Å². The Balaban J connectivity index is 1.67. The number of carbonyl (C=O) groups is 1. The van der Waals surface area contributed by atoms with E-state index in [-0.39, 0.29) is 18.3 Å². The number of hydrogen-bond acceptors (Lipinski definition) is 2. The van der Waals surface area contributed by atoms with Crippen LogP contribution in [0.5, 0.6) is 0 Å². The summed E-state index contributed by atoms with van der Waals surface area (Å²) in [5.74, 6) is -0.611. The maximum Gasteiger partial charge on any atom is 0.272 e. The Hall–Kier alpha value is -2.95. The Morgan fingerprint density at radius 1 is 1.17 bits per heavy atom. The number of nitrogens with one attached hydrogen (secondary N) is 1. The smallest absolute Gasteiger partial charge is 0.272 e. The number of nitrogens with zero attached hydrogens (tertiary/aromatic N) is 2. The molecule has 0 atom stereocenters. The highest BCUT2D eigenvalue weighted by atomic mass is 19.1. The fraction of sp³-hybridized carbons (Fsp3) is 0.111. The third-order valence-electron chi connectivity index (χ3n) is 3.46. The number of amides is 1. The SMILES string of the molecule is Cc1ccc(-n2ccc(C(=O)NCc3cccc(F)c3)n2)cc1. The van der Waals surface area contributed by atoms with Crippen LogP contribution in [-0.2, 0) is 6.54 Å². The minimum Gasteiger partial charge on any atom is -0.347 e. The molecule has 3 rings (SSSR count). The van der Waals surface area contributed by atoms with Gasteiger partial charge in [-0.2, -0.15) is 5.10 Å². The van der Waals surface area contributed by atoms with Crippen LogP contribution in [0.2, 0.25) is 0 Å². The molecule has 1 N–H and O–H groups in total. The van der Waals surface area contributed by atoms with Crippen molar-refractivity contribution in [1.29, 1.82) is 0 Å². The summed E-state index contributed by atoms with van der Waals surface area (Å²) < 4.78 is 14.8. The van der Waals surface area contributed by atoms with Crippen LogP contribution in [0, 0.1) is 12.7 Å². The lowest BCUT2D eigenvalue weighted by Gasteiger charge is -2.04. The molecule has 0 radical (unpaired) electrons. The molecule has 23 heavy (non-hydrogen) atoms. The van der Waals surface area contributed by atoms with Gasteiger partial charge in [-0.15, -0.1) is 0 Å². The Morgan fingerprint density at radius 3 is 2.70 bits per heavy atom. The van der Waals surface area contributed by atoms with E-state index in [9.17, 15) is 9.18 Å². The normalized spacial score (nSPS) is 10.5. The van der Waals surface area contributed by atoms with E-state index in [1.807, 2.05) is 31.2 Å². The van der Waals surface area contributed by atoms with Gasteiger partial charge < -0.3 is 5.32 Å². The number of halogens is 1. The summed E-state index contributed by atoms with van der Waals surface area (Å²) in [6, 6.07) is 15.6. The number of benzene rings is 2. The van der Waals surface area contributed by atoms with Crippen molar-refractivity contribution in [3.8, 4) is 5.69 Å². The number of carbonyl (C=O) groups excluding carboxylic acids is 1. The van der Waals surface area contributed by atoms with Crippen molar-refractivity contribution in [2.45, 2.75) is 13.5 Å². The lowest BCUT2D eigenvalue weighted by molar-refractivity contribution is 0.0945. The summed E-state index contributed by atoms with van der Waals surface area (Å²) in [5.41, 5.74) is 3.08. The van der Waals surface area contributed by atoms with Crippen molar-refractivity contribution < 1.29 is 9.18 Å². The van der Waals surface area contributed by atoms with Crippen LogP contribution < -0.4 is 5.32 Å². The number of rotatable bonds is 4. The summed E-state index contributed by atoms with van der Waals surface area (Å²) in [7, 11) is 0. The second kappa shape index (κ2) is 6.44. The van der Waals surface area contributed by atoms with E-state index in [1.54, 1.807) is 29.1 Å². The first-order chi connectivity index (χ1) is 11.1. The van der Waals surface area contributed by atoms with Gasteiger partial charge in [-0.1, -0.05) is 29.8 Å². The Kier molecular flexibility index (Phi) is 4.19. The third kappa shape index (κ3) is 3.63. The first kappa shape index (κ1) is 15.0. The molecule has 2 aromatic carbocycles. The molecule has 5 heteroatoms. The predicted molar refractivity (Wildman–Crippen MR) is 85.9 cm³/mol. The van der Waals surface area contributed by atoms with E-state index in [1.165, 1.54) is 12.1 Å². The molecule has 1 aromatic heterocycles. The number of hydrogen-bond donors (Lipinski definition) is 1. The first-order valence-electron chi connectivity index (χ1n) is 7.27. The minimum atomic E-state index is -0.319. The standard InChI is InChI=1S/C18H16FN3O/c1-13-5-7-16(8-6-13)22-10-9-17(21-22)18(23)20-12-14-3-2-4-15(19)11-14/h2-11H,12H2,1H3,(H,20,23). The molecule has 0 spiro atoms. The zero-order valence-corrected chi connectivity index (χ0v) is 12.7. The van der Waals surface area contributed by atoms with Crippen molar-refractivity contribution in [3.05, 3.63) is 83.4 Å². The number of aryl methyl sites for hydroxylation is 1. The van der Waals surface area contributed by atoms with Crippen LogP contribution in [0.15, 0.2) is 60.8 Å². The van der Waals surface area contributed by atoms with Crippen molar-refractivity contribution >= 4 is 5.91 Å². The van der Waals surface area contributed by atoms with Crippen molar-refractivity contribution in [2.24, 2.45) is 0 Å². The van der Waals surface area contributed by atoms with Crippen molar-refractivity contribution in [1.82, 2.24) is 15.1 Å². The molecule has 0 aliphatic heterocycles. The zero-order valence-electron chi connectivity index (χ0n) is 12.7. The molecular formula is C18H16FN3O. The van der Waals surface area contributed by atoms with E-state index < -0.39 is 0 Å². The van der Waals surface area contributed by atoms with Gasteiger partial charge in [0.2, 0.25) is 0 Å². The highest BCUT2D eigenvalue weighted by Gasteiger charge is 2.10. The molecule has 0 fully saturated rings. The molecule has 0 unspecified atom stereocenters. The van der Waals surface area contributed by atoms with Gasteiger partial charge in [0.1, 0.15) is 5.82 Å². The van der Waals surface area contributed by atoms with Crippen LogP contribution in [-0.4, -0.2) is 15.7 Å². The van der Waals surface area contributed by atoms with Crippen molar-refractivity contribution in [2.75, 3.05) is 0 Å². The molecule has 0 aliphatic carbocycles. The zero-order chi connectivity index (χ0) is 16.2. The van der Waals surface area contributed by atoms with Gasteiger partial charge >= 0.3 is 0 Å². The topological polar surface area (TPSA) is 46.9 Å². The van der Waals surface area contributed by atoms with Crippen LogP contribution in [0.3, 0.4) is 0 Å². The quantitative estimate of drug-likeness (QED) is 0.804. The molecule has 0 saturated heterocycles. The summed E-state index contributed by atoms with van der Waals surface area (Å²) in [4.78, 5) is 12.1. The summed E-state index contributed by atoms with van der Waals surface area (Å²) in [5, 5.41) is 7.01. The number of aromatic nitrogens is 2. The maximum atomic E-state index is 13.1. The highest BCUT2D eigenvalue weighted by molar-refractivity contribution is 5.92. The Bertz CT molecular complexity index is 824. The summed E-state index contributed by atoms with van der Waals surface area (Å²) in [6.45, 7) is 2.27. The summed E-state index contributed by atoms with van der Waals surface area (Å²) in [6.07, 6.45) is 1.74. The fourth-order valence-electron chi connectivity index (χ4n) is 2.21. The van der Waals surface area contributed by atoms with E-state index in [4.69, 9.17) is 0 Å². The second-order valence-corrected chi connectivity index (χ2v) is 5.29. The van der Waals surface area contributed by atoms with Crippen LogP contribution in [0.25, 0.3) is 5.69 Å². The largest absolute Gasteiger partial charge is 0.347 e. The second-order valence-electron chi connectivity index (χ2n) is 5.29. The van der Waals surface area contributed by atoms with E-state index in [0.29, 0.717) is 11.3 Å². The Morgan fingerprint density at radius 2 is 1.96 bits per heavy atom. The molecule has 1 amide bonds. The van der Waals surface area contributed by atoms with Gasteiger partial charge in [0.25, 0.3) is 5.91 Å². The first-order valence-corrected chi connectivity index (χ1v) is 7.27. The van der Waals surface area contributed by atoms with Crippen LogP contribution in [0.1, 0.15) is 21.6 Å². The average Bonchev–Trinajstić information content (AvgIpc) is 3.03. The minimum absolute atomic E-state index is 0.258. The third-order valence-corrected chi connectivity index (χ3v) is 3.46. The molecule has 1 heterocycles. The Labute approximate surface area is 133 Å². The monoisotopic (exact) mass is 309 g/mol.